The summed E-state index contributed by atoms with van der Waals surface area (Å²) in [6.07, 6.45) is 2.69. The summed E-state index contributed by atoms with van der Waals surface area (Å²) in [5, 5.41) is 6.41. The molecule has 2 unspecified atom stereocenters. The molecule has 4 nitrogen and oxygen atoms in total. The van der Waals surface area contributed by atoms with E-state index in [0.717, 1.165) is 49.6 Å². The predicted octanol–water partition coefficient (Wildman–Crippen LogP) is 4.59. The van der Waals surface area contributed by atoms with Gasteiger partial charge in [0.25, 0.3) is 0 Å². The monoisotopic (exact) mass is 429 g/mol. The number of amides is 1. The Bertz CT molecular complexity index is 1010. The number of aryl methyl sites for hydroxylation is 1. The van der Waals surface area contributed by atoms with Gasteiger partial charge in [-0.15, -0.1) is 0 Å². The normalized spacial score (nSPS) is 23.1. The minimum atomic E-state index is -0.759. The third-order valence-corrected chi connectivity index (χ3v) is 7.39. The van der Waals surface area contributed by atoms with E-state index in [4.69, 9.17) is 0 Å². The van der Waals surface area contributed by atoms with Crippen molar-refractivity contribution in [2.45, 2.75) is 31.1 Å². The Morgan fingerprint density at radius 2 is 2.03 bits per heavy atom. The quantitative estimate of drug-likeness (QED) is 0.713. The summed E-state index contributed by atoms with van der Waals surface area (Å²) >= 11 is 1.38. The third-order valence-electron chi connectivity index (χ3n) is 5.86. The lowest BCUT2D eigenvalue weighted by Crippen LogP contribution is -2.49. The summed E-state index contributed by atoms with van der Waals surface area (Å²) in [5.41, 5.74) is 2.31. The van der Waals surface area contributed by atoms with Crippen molar-refractivity contribution in [2.75, 3.05) is 20.6 Å². The van der Waals surface area contributed by atoms with E-state index >= 15 is 0 Å². The molecule has 30 heavy (non-hydrogen) atoms. The second kappa shape index (κ2) is 8.12. The highest BCUT2D eigenvalue weighted by molar-refractivity contribution is 8.15. The van der Waals surface area contributed by atoms with Crippen LogP contribution < -0.4 is 0 Å². The van der Waals surface area contributed by atoms with Crippen molar-refractivity contribution < 1.29 is 13.6 Å². The van der Waals surface area contributed by atoms with E-state index in [2.05, 4.69) is 16.1 Å². The molecule has 0 radical (unpaired) electrons. The number of rotatable bonds is 4. The molecule has 1 heterocycles. The third kappa shape index (κ3) is 3.54. The van der Waals surface area contributed by atoms with Crippen LogP contribution in [0.15, 0.2) is 47.6 Å². The number of thioether (sulfide) groups is 1. The summed E-state index contributed by atoms with van der Waals surface area (Å²) < 4.78 is 28.5. The van der Waals surface area contributed by atoms with Crippen molar-refractivity contribution in [2.24, 2.45) is 11.0 Å². The minimum absolute atomic E-state index is 0.0949. The van der Waals surface area contributed by atoms with Gasteiger partial charge in [0.2, 0.25) is 5.91 Å². The van der Waals surface area contributed by atoms with Crippen LogP contribution in [0.5, 0.6) is 0 Å². The number of carbonyl (C=O) groups excluding carboxylic acids is 1. The molecule has 2 aromatic rings. The van der Waals surface area contributed by atoms with E-state index in [0.29, 0.717) is 5.04 Å². The Kier molecular flexibility index (Phi) is 5.68. The molecule has 1 amide bonds. The average molecular weight is 430 g/mol. The molecule has 2 atom stereocenters. The molecule has 0 fully saturated rings. The van der Waals surface area contributed by atoms with Gasteiger partial charge in [0.15, 0.2) is 0 Å². The van der Waals surface area contributed by atoms with E-state index in [9.17, 15) is 13.6 Å². The van der Waals surface area contributed by atoms with Crippen LogP contribution in [0, 0.1) is 17.6 Å². The number of carbonyl (C=O) groups is 1. The fourth-order valence-electron chi connectivity index (χ4n) is 4.46. The van der Waals surface area contributed by atoms with Crippen LogP contribution in [0.3, 0.4) is 0 Å². The summed E-state index contributed by atoms with van der Waals surface area (Å²) in [6, 6.07) is 11.4. The average Bonchev–Trinajstić information content (AvgIpc) is 3.10. The summed E-state index contributed by atoms with van der Waals surface area (Å²) in [7, 11) is 4.05. The first-order valence-electron chi connectivity index (χ1n) is 10.1. The SMILES string of the molecule is CC(=O)N1N=C(c2cc(F)ccc2F)SC12c1ccccc1CCC2CCN(C)C. The van der Waals surface area contributed by atoms with Gasteiger partial charge in [-0.05, 0) is 75.1 Å². The molecule has 158 valence electrons. The van der Waals surface area contributed by atoms with Gasteiger partial charge in [-0.3, -0.25) is 4.79 Å². The minimum Gasteiger partial charge on any atom is -0.309 e. The first-order chi connectivity index (χ1) is 14.3. The molecule has 7 heteroatoms. The standard InChI is InChI=1S/C23H25F2N3OS/c1-15(29)28-23(30-22(26-28)19-14-18(24)10-11-21(19)25)17(12-13-27(2)3)9-8-16-6-4-5-7-20(16)23/h4-7,10-11,14,17H,8-9,12-13H2,1-3H3. The Morgan fingerprint density at radius 1 is 1.27 bits per heavy atom. The largest absolute Gasteiger partial charge is 0.309 e. The van der Waals surface area contributed by atoms with E-state index in [1.807, 2.05) is 32.3 Å². The van der Waals surface area contributed by atoms with Gasteiger partial charge in [-0.25, -0.2) is 13.8 Å². The topological polar surface area (TPSA) is 35.9 Å². The summed E-state index contributed by atoms with van der Waals surface area (Å²) in [6.45, 7) is 2.35. The van der Waals surface area contributed by atoms with Crippen LogP contribution in [0.4, 0.5) is 8.78 Å². The molecule has 2 aromatic carbocycles. The second-order valence-corrected chi connectivity index (χ2v) is 9.36. The van der Waals surface area contributed by atoms with Crippen molar-refractivity contribution in [1.82, 2.24) is 9.91 Å². The summed E-state index contributed by atoms with van der Waals surface area (Å²) in [5.74, 6) is -1.15. The molecule has 0 saturated carbocycles. The first-order valence-corrected chi connectivity index (χ1v) is 10.9. The molecule has 0 aromatic heterocycles. The van der Waals surface area contributed by atoms with Crippen LogP contribution >= 0.6 is 11.8 Å². The maximum Gasteiger partial charge on any atom is 0.241 e. The van der Waals surface area contributed by atoms with Crippen molar-refractivity contribution in [3.8, 4) is 0 Å². The zero-order valence-electron chi connectivity index (χ0n) is 17.4. The smallest absolute Gasteiger partial charge is 0.241 e. The molecule has 0 bridgehead atoms. The molecular weight excluding hydrogens is 404 g/mol. The molecule has 0 saturated heterocycles. The lowest BCUT2D eigenvalue weighted by atomic mass is 9.77. The Hall–Kier alpha value is -2.25. The Labute approximate surface area is 179 Å². The highest BCUT2D eigenvalue weighted by Gasteiger charge is 2.55. The van der Waals surface area contributed by atoms with Crippen molar-refractivity contribution in [3.63, 3.8) is 0 Å². The molecule has 1 spiro atoms. The molecule has 4 rings (SSSR count). The first kappa shape index (κ1) is 21.0. The number of nitrogens with zero attached hydrogens (tertiary/aromatic N) is 3. The van der Waals surface area contributed by atoms with Gasteiger partial charge >= 0.3 is 0 Å². The van der Waals surface area contributed by atoms with Gasteiger partial charge in [-0.2, -0.15) is 5.10 Å². The van der Waals surface area contributed by atoms with Crippen molar-refractivity contribution in [3.05, 3.63) is 70.8 Å². The lowest BCUT2D eigenvalue weighted by Gasteiger charge is -2.46. The summed E-state index contributed by atoms with van der Waals surface area (Å²) in [4.78, 5) is 14.1. The lowest BCUT2D eigenvalue weighted by molar-refractivity contribution is -0.134. The maximum atomic E-state index is 14.6. The predicted molar refractivity (Wildman–Crippen MR) is 116 cm³/mol. The zero-order chi connectivity index (χ0) is 21.5. The van der Waals surface area contributed by atoms with Crippen LogP contribution in [-0.2, 0) is 16.1 Å². The number of hydrazone groups is 1. The van der Waals surface area contributed by atoms with Crippen LogP contribution in [0.25, 0.3) is 0 Å². The number of hydrogen-bond donors (Lipinski definition) is 0. The highest BCUT2D eigenvalue weighted by atomic mass is 32.2. The number of fused-ring (bicyclic) bond motifs is 2. The van der Waals surface area contributed by atoms with Crippen LogP contribution in [0.2, 0.25) is 0 Å². The van der Waals surface area contributed by atoms with Gasteiger partial charge in [0.1, 0.15) is 21.5 Å². The zero-order valence-corrected chi connectivity index (χ0v) is 18.2. The van der Waals surface area contributed by atoms with Crippen molar-refractivity contribution in [1.29, 1.82) is 0 Å². The highest BCUT2D eigenvalue weighted by Crippen LogP contribution is 2.57. The molecular formula is C23H25F2N3OS. The molecule has 1 aliphatic carbocycles. The van der Waals surface area contributed by atoms with Crippen LogP contribution in [-0.4, -0.2) is 41.5 Å². The molecule has 0 N–H and O–H groups in total. The van der Waals surface area contributed by atoms with Gasteiger partial charge < -0.3 is 4.90 Å². The molecule has 1 aliphatic heterocycles. The fraction of sp³-hybridized carbons (Fsp3) is 0.391. The van der Waals surface area contributed by atoms with Crippen molar-refractivity contribution >= 4 is 22.7 Å². The van der Waals surface area contributed by atoms with E-state index in [1.165, 1.54) is 29.3 Å². The Balaban J connectivity index is 1.85. The number of halogens is 2. The van der Waals surface area contributed by atoms with E-state index in [1.54, 1.807) is 0 Å². The number of hydrogen-bond acceptors (Lipinski definition) is 4. The van der Waals surface area contributed by atoms with Gasteiger partial charge in [0.05, 0.1) is 0 Å². The van der Waals surface area contributed by atoms with E-state index < -0.39 is 16.5 Å². The maximum absolute atomic E-state index is 14.6. The van der Waals surface area contributed by atoms with Crippen LogP contribution in [0.1, 0.15) is 36.5 Å². The van der Waals surface area contributed by atoms with E-state index in [-0.39, 0.29) is 17.4 Å². The Morgan fingerprint density at radius 3 is 2.77 bits per heavy atom. The number of benzene rings is 2. The van der Waals surface area contributed by atoms with Gasteiger partial charge in [-0.1, -0.05) is 36.0 Å². The molecule has 2 aliphatic rings. The van der Waals surface area contributed by atoms with Gasteiger partial charge in [0, 0.05) is 12.5 Å². The fourth-order valence-corrected chi connectivity index (χ4v) is 6.11. The second-order valence-electron chi connectivity index (χ2n) is 8.14.